The molecule has 3 aromatic carbocycles. The lowest BCUT2D eigenvalue weighted by Crippen LogP contribution is -2.61. The van der Waals surface area contributed by atoms with Crippen LogP contribution >= 0.6 is 0 Å². The number of ether oxygens (including phenoxy) is 3. The third-order valence-electron chi connectivity index (χ3n) is 8.88. The minimum atomic E-state index is -0.525. The first-order chi connectivity index (χ1) is 22.9. The molecule has 0 radical (unpaired) electrons. The van der Waals surface area contributed by atoms with Crippen LogP contribution in [0.25, 0.3) is 27.1 Å². The highest BCUT2D eigenvalue weighted by Crippen LogP contribution is 2.30. The third kappa shape index (κ3) is 6.17. The van der Waals surface area contributed by atoms with Gasteiger partial charge in [-0.25, -0.2) is 28.4 Å². The van der Waals surface area contributed by atoms with E-state index in [0.717, 1.165) is 37.2 Å². The van der Waals surface area contributed by atoms with Crippen LogP contribution in [0, 0.1) is 18.2 Å². The second-order valence-corrected chi connectivity index (χ2v) is 11.7. The van der Waals surface area contributed by atoms with Crippen molar-refractivity contribution in [1.29, 1.82) is 0 Å². The Bertz CT molecular complexity index is 2020. The highest BCUT2D eigenvalue weighted by atomic mass is 19.1. The summed E-state index contributed by atoms with van der Waals surface area (Å²) < 4.78 is 48.2. The van der Waals surface area contributed by atoms with E-state index >= 15 is 4.39 Å². The molecule has 7 rings (SSSR count). The molecule has 0 saturated carbocycles. The average molecular weight is 636 g/mol. The van der Waals surface area contributed by atoms with Crippen LogP contribution in [-0.2, 0) is 29.0 Å². The van der Waals surface area contributed by atoms with Gasteiger partial charge in [0.2, 0.25) is 5.88 Å². The van der Waals surface area contributed by atoms with Crippen molar-refractivity contribution in [2.45, 2.75) is 38.1 Å². The van der Waals surface area contributed by atoms with Crippen LogP contribution in [0.2, 0.25) is 0 Å². The van der Waals surface area contributed by atoms with Crippen LogP contribution in [0.1, 0.15) is 33.7 Å². The van der Waals surface area contributed by atoms with Crippen LogP contribution < -0.4 is 4.74 Å². The molecule has 0 N–H and O–H groups in total. The summed E-state index contributed by atoms with van der Waals surface area (Å²) in [5, 5.41) is 0. The molecule has 5 aromatic rings. The molecule has 0 aliphatic carbocycles. The van der Waals surface area contributed by atoms with Crippen LogP contribution in [-0.4, -0.2) is 64.4 Å². The Morgan fingerprint density at radius 2 is 1.85 bits per heavy atom. The van der Waals surface area contributed by atoms with E-state index in [1.165, 1.54) is 31.4 Å². The SMILES string of the molecule is [C-]#[N+]c1ccc(COc2cccc(-c3ccc(Cc4nc5ccc(C(=O)OC)cc5n4C[C@@H]4CCN4C4COC4)c(F)c3)n2)c(F)c1. The quantitative estimate of drug-likeness (QED) is 0.131. The van der Waals surface area contributed by atoms with Gasteiger partial charge in [0, 0.05) is 42.7 Å². The fraction of sp³-hybridized carbons (Fsp3) is 0.278. The summed E-state index contributed by atoms with van der Waals surface area (Å²) in [7, 11) is 1.35. The Balaban J connectivity index is 1.12. The number of esters is 1. The van der Waals surface area contributed by atoms with Gasteiger partial charge in [-0.1, -0.05) is 30.3 Å². The predicted molar refractivity (Wildman–Crippen MR) is 170 cm³/mol. The molecule has 1 atom stereocenters. The zero-order valence-electron chi connectivity index (χ0n) is 25.7. The Hall–Kier alpha value is -5.18. The minimum absolute atomic E-state index is 0.0664. The first kappa shape index (κ1) is 30.5. The van der Waals surface area contributed by atoms with Gasteiger partial charge in [0.15, 0.2) is 5.69 Å². The molecule has 0 amide bonds. The number of carbonyl (C=O) groups excluding carboxylic acids is 1. The van der Waals surface area contributed by atoms with Gasteiger partial charge < -0.3 is 18.8 Å². The van der Waals surface area contributed by atoms with E-state index in [2.05, 4.69) is 19.3 Å². The molecular formula is C36H31F2N5O4. The molecular weight excluding hydrogens is 604 g/mol. The molecule has 2 fully saturated rings. The van der Waals surface area contributed by atoms with Gasteiger partial charge in [-0.3, -0.25) is 4.90 Å². The molecule has 2 aliphatic rings. The van der Waals surface area contributed by atoms with E-state index in [1.807, 2.05) is 0 Å². The first-order valence-electron chi connectivity index (χ1n) is 15.4. The van der Waals surface area contributed by atoms with Gasteiger partial charge in [-0.05, 0) is 48.4 Å². The maximum atomic E-state index is 15.7. The van der Waals surface area contributed by atoms with E-state index in [-0.39, 0.29) is 24.6 Å². The number of likely N-dealkylation sites (tertiary alicyclic amines) is 1. The number of rotatable bonds is 10. The number of carbonyl (C=O) groups is 1. The number of benzene rings is 3. The van der Waals surface area contributed by atoms with Gasteiger partial charge in [-0.15, -0.1) is 0 Å². The van der Waals surface area contributed by atoms with E-state index in [4.69, 9.17) is 25.8 Å². The monoisotopic (exact) mass is 635 g/mol. The lowest BCUT2D eigenvalue weighted by atomic mass is 9.98. The molecule has 47 heavy (non-hydrogen) atoms. The van der Waals surface area contributed by atoms with Gasteiger partial charge in [0.25, 0.3) is 0 Å². The fourth-order valence-electron chi connectivity index (χ4n) is 6.07. The van der Waals surface area contributed by atoms with Crippen LogP contribution in [0.3, 0.4) is 0 Å². The van der Waals surface area contributed by atoms with Crippen molar-refractivity contribution >= 4 is 22.7 Å². The number of fused-ring (bicyclic) bond motifs is 1. The molecule has 4 heterocycles. The van der Waals surface area contributed by atoms with Gasteiger partial charge in [0.05, 0.1) is 55.2 Å². The molecule has 9 nitrogen and oxygen atoms in total. The molecule has 2 aliphatic heterocycles. The zero-order chi connectivity index (χ0) is 32.5. The molecule has 2 aromatic heterocycles. The van der Waals surface area contributed by atoms with Crippen molar-refractivity contribution in [1.82, 2.24) is 19.4 Å². The van der Waals surface area contributed by atoms with Gasteiger partial charge >= 0.3 is 5.97 Å². The van der Waals surface area contributed by atoms with E-state index in [1.54, 1.807) is 48.5 Å². The highest BCUT2D eigenvalue weighted by Gasteiger charge is 2.38. The lowest BCUT2D eigenvalue weighted by Gasteiger charge is -2.49. The predicted octanol–water partition coefficient (Wildman–Crippen LogP) is 6.36. The zero-order valence-corrected chi connectivity index (χ0v) is 25.7. The Morgan fingerprint density at radius 3 is 2.55 bits per heavy atom. The Labute approximate surface area is 270 Å². The molecule has 0 spiro atoms. The minimum Gasteiger partial charge on any atom is -0.473 e. The number of nitrogens with zero attached hydrogens (tertiary/aromatic N) is 5. The fourth-order valence-corrected chi connectivity index (χ4v) is 6.07. The highest BCUT2D eigenvalue weighted by molar-refractivity contribution is 5.93. The summed E-state index contributed by atoms with van der Waals surface area (Å²) in [6, 6.07) is 20.3. The molecule has 11 heteroatoms. The normalized spacial score (nSPS) is 16.3. The number of imidazole rings is 1. The van der Waals surface area contributed by atoms with Crippen LogP contribution in [0.4, 0.5) is 14.5 Å². The summed E-state index contributed by atoms with van der Waals surface area (Å²) in [5.41, 5.74) is 4.02. The molecule has 0 bridgehead atoms. The number of hydrogen-bond donors (Lipinski definition) is 0. The average Bonchev–Trinajstić information content (AvgIpc) is 3.40. The number of aromatic nitrogens is 3. The van der Waals surface area contributed by atoms with Gasteiger partial charge in [0.1, 0.15) is 24.1 Å². The van der Waals surface area contributed by atoms with Crippen molar-refractivity contribution in [3.63, 3.8) is 0 Å². The third-order valence-corrected chi connectivity index (χ3v) is 8.88. The number of methoxy groups -OCH3 is 1. The van der Waals surface area contributed by atoms with Crippen molar-refractivity contribution in [2.75, 3.05) is 26.9 Å². The second kappa shape index (κ2) is 12.9. The molecule has 2 saturated heterocycles. The lowest BCUT2D eigenvalue weighted by molar-refractivity contribution is -0.111. The van der Waals surface area contributed by atoms with E-state index in [0.29, 0.717) is 52.4 Å². The van der Waals surface area contributed by atoms with Crippen molar-refractivity contribution in [3.8, 4) is 17.1 Å². The Morgan fingerprint density at radius 1 is 1.02 bits per heavy atom. The topological polar surface area (TPSA) is 83.1 Å². The Kier molecular flexibility index (Phi) is 8.37. The summed E-state index contributed by atoms with van der Waals surface area (Å²) >= 11 is 0. The second-order valence-electron chi connectivity index (χ2n) is 11.7. The number of halogens is 2. The molecule has 238 valence electrons. The van der Waals surface area contributed by atoms with Crippen LogP contribution in [0.5, 0.6) is 5.88 Å². The smallest absolute Gasteiger partial charge is 0.337 e. The maximum Gasteiger partial charge on any atom is 0.337 e. The number of hydrogen-bond acceptors (Lipinski definition) is 7. The summed E-state index contributed by atoms with van der Waals surface area (Å²) in [4.78, 5) is 27.4. The summed E-state index contributed by atoms with van der Waals surface area (Å²) in [6.07, 6.45) is 1.29. The van der Waals surface area contributed by atoms with Gasteiger partial charge in [-0.2, -0.15) is 0 Å². The standard InChI is InChI=1S/C36H31F2N5O4/c1-39-26-10-8-25(30(38)17-26)19-47-35-5-3-4-31(41-35)23-7-6-22(29(37)14-23)16-34-40-32-11-9-24(36(44)45-2)15-33(32)43(34)18-27-12-13-42(27)28-20-46-21-28/h3-11,14-15,17,27-28H,12-13,16,18-21H2,2H3/t27-/m0/s1. The van der Waals surface area contributed by atoms with Crippen LogP contribution in [0.15, 0.2) is 72.8 Å². The van der Waals surface area contributed by atoms with E-state index in [9.17, 15) is 9.18 Å². The first-order valence-corrected chi connectivity index (χ1v) is 15.4. The van der Waals surface area contributed by atoms with E-state index < -0.39 is 17.6 Å². The summed E-state index contributed by atoms with van der Waals surface area (Å²) in [5.74, 6) is -0.383. The number of pyridine rings is 1. The maximum absolute atomic E-state index is 15.7. The van der Waals surface area contributed by atoms with Crippen molar-refractivity contribution in [2.24, 2.45) is 0 Å². The summed E-state index contributed by atoms with van der Waals surface area (Å²) in [6.45, 7) is 10.1. The van der Waals surface area contributed by atoms with Crippen molar-refractivity contribution in [3.05, 3.63) is 118 Å². The molecule has 0 unspecified atom stereocenters. The van der Waals surface area contributed by atoms with Crippen molar-refractivity contribution < 1.29 is 27.8 Å². The largest absolute Gasteiger partial charge is 0.473 e.